The van der Waals surface area contributed by atoms with Crippen molar-refractivity contribution in [3.05, 3.63) is 12.3 Å². The predicted octanol–water partition coefficient (Wildman–Crippen LogP) is 2.80. The number of rotatable bonds is 3. The van der Waals surface area contributed by atoms with Crippen LogP contribution >= 0.6 is 11.8 Å². The summed E-state index contributed by atoms with van der Waals surface area (Å²) in [6, 6.07) is 2.54. The summed E-state index contributed by atoms with van der Waals surface area (Å²) in [6.07, 6.45) is 7.75. The molecule has 2 atom stereocenters. The Hall–Kier alpha value is -0.770. The first kappa shape index (κ1) is 10.7. The van der Waals surface area contributed by atoms with E-state index in [2.05, 4.69) is 22.2 Å². The molecule has 0 bridgehead atoms. The summed E-state index contributed by atoms with van der Waals surface area (Å²) >= 11 is 1.58. The molecule has 0 radical (unpaired) electrons. The minimum absolute atomic E-state index is 0.592. The minimum atomic E-state index is 0.592. The van der Waals surface area contributed by atoms with Gasteiger partial charge >= 0.3 is 0 Å². The first-order valence-electron chi connectivity index (χ1n) is 5.43. The molecule has 1 saturated carbocycles. The molecular weight excluding hydrogens is 206 g/mol. The normalized spacial score (nSPS) is 25.5. The van der Waals surface area contributed by atoms with E-state index in [0.717, 1.165) is 16.9 Å². The molecule has 2 rings (SSSR count). The van der Waals surface area contributed by atoms with Gasteiger partial charge in [-0.05, 0) is 31.1 Å². The van der Waals surface area contributed by atoms with Crippen LogP contribution in [0.15, 0.2) is 17.4 Å². The number of anilines is 1. The first-order chi connectivity index (χ1) is 7.29. The number of nitrogens with one attached hydrogen (secondary N) is 1. The summed E-state index contributed by atoms with van der Waals surface area (Å²) in [5.41, 5.74) is 0. The Bertz CT molecular complexity index is 329. The lowest BCUT2D eigenvalue weighted by molar-refractivity contribution is 0.554. The smallest absolute Gasteiger partial charge is 0.189 e. The summed E-state index contributed by atoms with van der Waals surface area (Å²) in [6.45, 7) is 2.31. The zero-order chi connectivity index (χ0) is 10.7. The fraction of sp³-hybridized carbons (Fsp3) is 0.636. The van der Waals surface area contributed by atoms with Crippen LogP contribution in [0.2, 0.25) is 0 Å². The molecular formula is C11H17N3S. The summed E-state index contributed by atoms with van der Waals surface area (Å²) in [4.78, 5) is 8.59. The number of nitrogens with zero attached hydrogens (tertiary/aromatic N) is 2. The molecule has 1 heterocycles. The average Bonchev–Trinajstić information content (AvgIpc) is 2.65. The Kier molecular flexibility index (Phi) is 3.46. The van der Waals surface area contributed by atoms with Crippen LogP contribution in [0.25, 0.3) is 0 Å². The van der Waals surface area contributed by atoms with E-state index in [1.165, 1.54) is 19.3 Å². The maximum atomic E-state index is 4.43. The highest BCUT2D eigenvalue weighted by atomic mass is 32.2. The molecule has 0 saturated heterocycles. The van der Waals surface area contributed by atoms with Gasteiger partial charge in [0.15, 0.2) is 5.16 Å². The van der Waals surface area contributed by atoms with Crippen LogP contribution in [0.4, 0.5) is 5.82 Å². The van der Waals surface area contributed by atoms with Crippen molar-refractivity contribution in [3.63, 3.8) is 0 Å². The van der Waals surface area contributed by atoms with Gasteiger partial charge in [-0.25, -0.2) is 9.97 Å². The van der Waals surface area contributed by atoms with Gasteiger partial charge in [-0.15, -0.1) is 0 Å². The first-order valence-corrected chi connectivity index (χ1v) is 6.65. The fourth-order valence-electron chi connectivity index (χ4n) is 2.07. The Morgan fingerprint density at radius 2 is 2.33 bits per heavy atom. The van der Waals surface area contributed by atoms with Crippen LogP contribution in [0.1, 0.15) is 26.2 Å². The number of thioether (sulfide) groups is 1. The van der Waals surface area contributed by atoms with Crippen molar-refractivity contribution in [2.45, 2.75) is 37.4 Å². The van der Waals surface area contributed by atoms with Gasteiger partial charge in [0.2, 0.25) is 0 Å². The highest BCUT2D eigenvalue weighted by Crippen LogP contribution is 2.27. The van der Waals surface area contributed by atoms with Crippen LogP contribution < -0.4 is 5.32 Å². The molecule has 4 heteroatoms. The number of aromatic nitrogens is 2. The van der Waals surface area contributed by atoms with E-state index in [-0.39, 0.29) is 0 Å². The van der Waals surface area contributed by atoms with E-state index in [1.807, 2.05) is 18.5 Å². The molecule has 1 N–H and O–H groups in total. The number of hydrogen-bond acceptors (Lipinski definition) is 4. The Morgan fingerprint density at radius 3 is 3.00 bits per heavy atom. The van der Waals surface area contributed by atoms with E-state index in [0.29, 0.717) is 6.04 Å². The summed E-state index contributed by atoms with van der Waals surface area (Å²) in [5.74, 6) is 1.73. The van der Waals surface area contributed by atoms with Crippen molar-refractivity contribution in [2.75, 3.05) is 11.6 Å². The van der Waals surface area contributed by atoms with Gasteiger partial charge in [-0.1, -0.05) is 25.1 Å². The van der Waals surface area contributed by atoms with E-state index < -0.39 is 0 Å². The molecule has 1 aromatic heterocycles. The van der Waals surface area contributed by atoms with E-state index in [1.54, 1.807) is 11.8 Å². The van der Waals surface area contributed by atoms with Gasteiger partial charge in [0, 0.05) is 12.2 Å². The third-order valence-corrected chi connectivity index (χ3v) is 3.57. The highest BCUT2D eigenvalue weighted by molar-refractivity contribution is 7.98. The third kappa shape index (κ3) is 2.62. The predicted molar refractivity (Wildman–Crippen MR) is 64.2 cm³/mol. The van der Waals surface area contributed by atoms with E-state index in [4.69, 9.17) is 0 Å². The van der Waals surface area contributed by atoms with Gasteiger partial charge in [-0.3, -0.25) is 0 Å². The van der Waals surface area contributed by atoms with E-state index in [9.17, 15) is 0 Å². The van der Waals surface area contributed by atoms with Gasteiger partial charge in [0.1, 0.15) is 5.82 Å². The molecule has 1 aliphatic carbocycles. The molecule has 0 amide bonds. The molecule has 3 nitrogen and oxygen atoms in total. The third-order valence-electron chi connectivity index (χ3n) is 3.01. The molecule has 0 unspecified atom stereocenters. The second-order valence-electron chi connectivity index (χ2n) is 4.09. The van der Waals surface area contributed by atoms with Crippen molar-refractivity contribution in [1.82, 2.24) is 9.97 Å². The highest BCUT2D eigenvalue weighted by Gasteiger charge is 2.23. The monoisotopic (exact) mass is 223 g/mol. The lowest BCUT2D eigenvalue weighted by Gasteiger charge is -2.17. The zero-order valence-corrected chi connectivity index (χ0v) is 10.0. The van der Waals surface area contributed by atoms with Crippen molar-refractivity contribution < 1.29 is 0 Å². The molecule has 0 aromatic carbocycles. The van der Waals surface area contributed by atoms with Gasteiger partial charge < -0.3 is 5.32 Å². The number of hydrogen-bond donors (Lipinski definition) is 1. The van der Waals surface area contributed by atoms with Gasteiger partial charge in [0.05, 0.1) is 0 Å². The van der Waals surface area contributed by atoms with Gasteiger partial charge in [0.25, 0.3) is 0 Å². The van der Waals surface area contributed by atoms with Crippen LogP contribution in [0.5, 0.6) is 0 Å². The van der Waals surface area contributed by atoms with Crippen molar-refractivity contribution >= 4 is 17.6 Å². The maximum absolute atomic E-state index is 4.43. The van der Waals surface area contributed by atoms with Gasteiger partial charge in [-0.2, -0.15) is 0 Å². The summed E-state index contributed by atoms with van der Waals surface area (Å²) in [7, 11) is 0. The van der Waals surface area contributed by atoms with E-state index >= 15 is 0 Å². The van der Waals surface area contributed by atoms with Crippen LogP contribution in [-0.4, -0.2) is 22.3 Å². The Balaban J connectivity index is 2.03. The topological polar surface area (TPSA) is 37.8 Å². The molecule has 1 fully saturated rings. The largest absolute Gasteiger partial charge is 0.367 e. The zero-order valence-electron chi connectivity index (χ0n) is 9.23. The molecule has 15 heavy (non-hydrogen) atoms. The molecule has 0 aliphatic heterocycles. The summed E-state index contributed by atoms with van der Waals surface area (Å²) < 4.78 is 0. The SMILES string of the molecule is CSc1nccc(N[C@H]2CCC[C@H]2C)n1. The van der Waals surface area contributed by atoms with Crippen molar-refractivity contribution in [1.29, 1.82) is 0 Å². The molecule has 82 valence electrons. The Labute approximate surface area is 95.1 Å². The fourth-order valence-corrected chi connectivity index (χ4v) is 2.43. The minimum Gasteiger partial charge on any atom is -0.367 e. The Morgan fingerprint density at radius 1 is 1.47 bits per heavy atom. The second kappa shape index (κ2) is 4.84. The lowest BCUT2D eigenvalue weighted by atomic mass is 10.1. The standard InChI is InChI=1S/C11H17N3S/c1-8-4-3-5-9(8)13-10-6-7-12-11(14-10)15-2/h6-9H,3-5H2,1-2H3,(H,12,13,14)/t8-,9+/m1/s1. The summed E-state index contributed by atoms with van der Waals surface area (Å²) in [5, 5.41) is 4.34. The second-order valence-corrected chi connectivity index (χ2v) is 4.86. The average molecular weight is 223 g/mol. The quantitative estimate of drug-likeness (QED) is 0.631. The van der Waals surface area contributed by atoms with Crippen molar-refractivity contribution in [2.24, 2.45) is 5.92 Å². The molecule has 1 aromatic rings. The molecule has 1 aliphatic rings. The van der Waals surface area contributed by atoms with Crippen LogP contribution in [-0.2, 0) is 0 Å². The maximum Gasteiger partial charge on any atom is 0.189 e. The lowest BCUT2D eigenvalue weighted by Crippen LogP contribution is -2.22. The van der Waals surface area contributed by atoms with Crippen LogP contribution in [0, 0.1) is 5.92 Å². The molecule has 0 spiro atoms. The van der Waals surface area contributed by atoms with Crippen molar-refractivity contribution in [3.8, 4) is 0 Å². The van der Waals surface area contributed by atoms with Crippen LogP contribution in [0.3, 0.4) is 0 Å².